The van der Waals surface area contributed by atoms with Crippen LogP contribution in [0.1, 0.15) is 45.1 Å². The molecule has 0 saturated heterocycles. The Morgan fingerprint density at radius 2 is 1.81 bits per heavy atom. The predicted octanol–water partition coefficient (Wildman–Crippen LogP) is 5.53. The molecule has 1 heterocycles. The number of hydrogen-bond acceptors (Lipinski definition) is 2. The van der Waals surface area contributed by atoms with Crippen LogP contribution in [0, 0.1) is 0 Å². The normalized spacial score (nSPS) is 16.8. The van der Waals surface area contributed by atoms with Crippen molar-refractivity contribution in [1.29, 1.82) is 0 Å². The number of fused-ring (bicyclic) bond motifs is 2. The van der Waals surface area contributed by atoms with Crippen LogP contribution in [0.15, 0.2) is 66.9 Å². The Kier molecular flexibility index (Phi) is 2.61. The molecule has 0 spiro atoms. The van der Waals surface area contributed by atoms with Crippen molar-refractivity contribution in [3.63, 3.8) is 0 Å². The number of aryl methyl sites for hydroxylation is 1. The minimum atomic E-state index is -3.21. The molecule has 0 bridgehead atoms. The van der Waals surface area contributed by atoms with Gasteiger partial charge in [-0.25, -0.2) is 0 Å². The quantitative estimate of drug-likeness (QED) is 0.481. The fourth-order valence-corrected chi connectivity index (χ4v) is 3.34. The molecule has 0 atom stereocenters. The molecule has 0 aliphatic heterocycles. The van der Waals surface area contributed by atoms with Crippen LogP contribution >= 0.6 is 0 Å². The number of carbonyl (C=O) groups is 1. The third-order valence-electron chi connectivity index (χ3n) is 4.49. The molecule has 0 saturated carbocycles. The highest BCUT2D eigenvalue weighted by molar-refractivity contribution is 6.21. The molecule has 3 heteroatoms. The lowest BCUT2D eigenvalue weighted by Gasteiger charge is -2.05. The smallest absolute Gasteiger partial charge is 0.195 e. The maximum absolute atomic E-state index is 13.6. The number of rotatable bonds is 5. The van der Waals surface area contributed by atoms with Crippen molar-refractivity contribution >= 4 is 27.5 Å². The SMILES string of the molecule is [2H]C([2H])([2H])C([2H])([2H])C([2H])([2H])Cn1cc(C(=O)c2cccc3ccccc23)c2cccc(O)c21. The van der Waals surface area contributed by atoms with E-state index in [0.717, 1.165) is 10.8 Å². The number of hydrogen-bond donors (Lipinski definition) is 1. The Morgan fingerprint density at radius 3 is 2.69 bits per heavy atom. The van der Waals surface area contributed by atoms with Gasteiger partial charge in [0.15, 0.2) is 5.78 Å². The third kappa shape index (κ3) is 2.66. The van der Waals surface area contributed by atoms with E-state index < -0.39 is 26.1 Å². The molecule has 0 aliphatic carbocycles. The molecule has 4 aromatic rings. The first-order valence-corrected chi connectivity index (χ1v) is 8.18. The minimum absolute atomic E-state index is 0.131. The molecule has 1 N–H and O–H groups in total. The van der Waals surface area contributed by atoms with Gasteiger partial charge in [0.2, 0.25) is 0 Å². The standard InChI is InChI=1S/C23H21NO2/c1-2-3-14-24-15-20(18-11-7-13-21(25)22(18)24)23(26)19-12-6-9-16-8-4-5-10-17(16)19/h4-13,15,25H,2-3,14H2,1H3/i1D3,2D2,3D2. The zero-order valence-electron chi connectivity index (χ0n) is 20.9. The van der Waals surface area contributed by atoms with Crippen LogP contribution in [-0.2, 0) is 6.54 Å². The molecular formula is C23H21NO2. The summed E-state index contributed by atoms with van der Waals surface area (Å²) < 4.78 is 55.7. The molecule has 0 unspecified atom stereocenters. The average Bonchev–Trinajstić information content (AvgIpc) is 3.11. The molecule has 26 heavy (non-hydrogen) atoms. The lowest BCUT2D eigenvalue weighted by Crippen LogP contribution is -2.02. The van der Waals surface area contributed by atoms with Crippen LogP contribution in [0.2, 0.25) is 0 Å². The number of ketones is 1. The third-order valence-corrected chi connectivity index (χ3v) is 4.49. The van der Waals surface area contributed by atoms with Gasteiger partial charge in [-0.3, -0.25) is 4.79 Å². The van der Waals surface area contributed by atoms with E-state index in [1.54, 1.807) is 24.3 Å². The Hall–Kier alpha value is -3.07. The van der Waals surface area contributed by atoms with Crippen LogP contribution < -0.4 is 0 Å². The van der Waals surface area contributed by atoms with Crippen molar-refractivity contribution in [2.75, 3.05) is 0 Å². The van der Waals surface area contributed by atoms with Crippen molar-refractivity contribution in [3.05, 3.63) is 78.0 Å². The molecule has 0 aliphatic rings. The van der Waals surface area contributed by atoms with Crippen molar-refractivity contribution in [3.8, 4) is 5.75 Å². The van der Waals surface area contributed by atoms with E-state index in [0.29, 0.717) is 10.9 Å². The molecule has 0 radical (unpaired) electrons. The molecule has 130 valence electrons. The number of benzene rings is 3. The van der Waals surface area contributed by atoms with Gasteiger partial charge >= 0.3 is 0 Å². The maximum Gasteiger partial charge on any atom is 0.195 e. The monoisotopic (exact) mass is 350 g/mol. The second-order valence-corrected chi connectivity index (χ2v) is 6.00. The maximum atomic E-state index is 13.6. The van der Waals surface area contributed by atoms with E-state index in [1.807, 2.05) is 30.3 Å². The van der Waals surface area contributed by atoms with E-state index in [2.05, 4.69) is 0 Å². The highest BCUT2D eigenvalue weighted by Crippen LogP contribution is 2.32. The highest BCUT2D eigenvalue weighted by atomic mass is 16.3. The van der Waals surface area contributed by atoms with Crippen LogP contribution in [0.5, 0.6) is 5.75 Å². The zero-order chi connectivity index (χ0) is 24.2. The first-order valence-electron chi connectivity index (χ1n) is 11.7. The van der Waals surface area contributed by atoms with Gasteiger partial charge in [-0.1, -0.05) is 67.8 Å². The summed E-state index contributed by atoms with van der Waals surface area (Å²) in [5.74, 6) is -0.574. The molecule has 1 aromatic heterocycles. The van der Waals surface area contributed by atoms with Crippen LogP contribution in [0.4, 0.5) is 0 Å². The van der Waals surface area contributed by atoms with Crippen LogP contribution in [-0.4, -0.2) is 15.5 Å². The Bertz CT molecular complexity index is 1370. The molecule has 4 rings (SSSR count). The number of carbonyl (C=O) groups excluding carboxylic acids is 1. The van der Waals surface area contributed by atoms with Crippen LogP contribution in [0.3, 0.4) is 0 Å². The summed E-state index contributed by atoms with van der Waals surface area (Å²) in [6.45, 7) is -3.92. The zero-order valence-corrected chi connectivity index (χ0v) is 13.9. The summed E-state index contributed by atoms with van der Waals surface area (Å²) in [6, 6.07) is 17.2. The number of phenols is 1. The van der Waals surface area contributed by atoms with Gasteiger partial charge in [-0.05, 0) is 23.2 Å². The Balaban J connectivity index is 1.87. The van der Waals surface area contributed by atoms with Crippen LogP contribution in [0.25, 0.3) is 21.7 Å². The lowest BCUT2D eigenvalue weighted by molar-refractivity contribution is 0.104. The fourth-order valence-electron chi connectivity index (χ4n) is 3.34. The van der Waals surface area contributed by atoms with E-state index in [9.17, 15) is 9.90 Å². The topological polar surface area (TPSA) is 42.2 Å². The largest absolute Gasteiger partial charge is 0.506 e. The summed E-state index contributed by atoms with van der Waals surface area (Å²) in [6.07, 6.45) is -4.64. The fraction of sp³-hybridized carbons (Fsp3) is 0.174. The van der Waals surface area contributed by atoms with E-state index in [-0.39, 0.29) is 22.6 Å². The molecule has 3 aromatic carbocycles. The summed E-state index contributed by atoms with van der Waals surface area (Å²) in [5.41, 5.74) is 0.755. The summed E-state index contributed by atoms with van der Waals surface area (Å²) in [7, 11) is 0. The molecule has 3 nitrogen and oxygen atoms in total. The number of aromatic hydroxyl groups is 1. The van der Waals surface area contributed by atoms with E-state index in [1.165, 1.54) is 16.8 Å². The summed E-state index contributed by atoms with van der Waals surface area (Å²) >= 11 is 0. The molecule has 0 fully saturated rings. The van der Waals surface area contributed by atoms with Crippen molar-refractivity contribution < 1.29 is 19.5 Å². The van der Waals surface area contributed by atoms with Gasteiger partial charge in [0.05, 0.1) is 5.52 Å². The van der Waals surface area contributed by atoms with E-state index >= 15 is 0 Å². The number of phenolic OH excluding ortho intramolecular Hbond substituents is 1. The Morgan fingerprint density at radius 1 is 1.04 bits per heavy atom. The average molecular weight is 350 g/mol. The first-order chi connectivity index (χ1) is 15.3. The minimum Gasteiger partial charge on any atom is -0.506 e. The van der Waals surface area contributed by atoms with Gasteiger partial charge in [-0.2, -0.15) is 0 Å². The second kappa shape index (κ2) is 6.68. The van der Waals surface area contributed by atoms with Crippen molar-refractivity contribution in [1.82, 2.24) is 4.57 Å². The van der Waals surface area contributed by atoms with E-state index in [4.69, 9.17) is 9.60 Å². The lowest BCUT2D eigenvalue weighted by atomic mass is 9.97. The van der Waals surface area contributed by atoms with Crippen molar-refractivity contribution in [2.24, 2.45) is 0 Å². The van der Waals surface area contributed by atoms with Gasteiger partial charge in [0, 0.05) is 38.9 Å². The number of para-hydroxylation sites is 1. The highest BCUT2D eigenvalue weighted by Gasteiger charge is 2.20. The Labute approximate surface area is 162 Å². The van der Waals surface area contributed by atoms with Gasteiger partial charge in [-0.15, -0.1) is 0 Å². The number of nitrogens with zero attached hydrogens (tertiary/aromatic N) is 1. The molecular weight excluding hydrogens is 322 g/mol. The summed E-state index contributed by atoms with van der Waals surface area (Å²) in [5, 5.41) is 12.5. The van der Waals surface area contributed by atoms with Gasteiger partial charge in [0.25, 0.3) is 0 Å². The number of aromatic nitrogens is 1. The van der Waals surface area contributed by atoms with Gasteiger partial charge < -0.3 is 9.67 Å². The predicted molar refractivity (Wildman–Crippen MR) is 106 cm³/mol. The summed E-state index contributed by atoms with van der Waals surface area (Å²) in [4.78, 5) is 13.6. The first kappa shape index (κ1) is 10.2. The van der Waals surface area contributed by atoms with Gasteiger partial charge in [0.1, 0.15) is 5.75 Å². The van der Waals surface area contributed by atoms with Crippen molar-refractivity contribution in [2.45, 2.75) is 26.1 Å². The molecule has 0 amide bonds. The second-order valence-electron chi connectivity index (χ2n) is 6.00.